The summed E-state index contributed by atoms with van der Waals surface area (Å²) in [6.07, 6.45) is 0. The van der Waals surface area contributed by atoms with Crippen LogP contribution in [-0.2, 0) is 0 Å². The molecule has 0 aliphatic rings. The second kappa shape index (κ2) is 7.01. The summed E-state index contributed by atoms with van der Waals surface area (Å²) in [6.45, 7) is 2.60. The molecular formula is C19H16ClN5O. The Bertz CT molecular complexity index is 1050. The molecule has 6 nitrogen and oxygen atoms in total. The standard InChI is InChI=1S/C19H16ClN5O/c1-2-26-14-9-7-13(8-10-14)21-17-11-12-18-22-23-19(25(18)24-17)15-5-3-4-6-16(15)20/h3-12H,2H2,1H3,(H,21,24). The first kappa shape index (κ1) is 16.4. The van der Waals surface area contributed by atoms with E-state index >= 15 is 0 Å². The Morgan fingerprint density at radius 1 is 1.00 bits per heavy atom. The van der Waals surface area contributed by atoms with Gasteiger partial charge in [0.05, 0.1) is 11.6 Å². The van der Waals surface area contributed by atoms with Crippen molar-refractivity contribution in [1.82, 2.24) is 19.8 Å². The summed E-state index contributed by atoms with van der Waals surface area (Å²) in [5.41, 5.74) is 2.34. The molecule has 0 radical (unpaired) electrons. The van der Waals surface area contributed by atoms with Crippen molar-refractivity contribution in [2.24, 2.45) is 0 Å². The van der Waals surface area contributed by atoms with Gasteiger partial charge in [0, 0.05) is 11.3 Å². The Kier molecular flexibility index (Phi) is 4.41. The second-order valence-corrected chi connectivity index (χ2v) is 5.98. The van der Waals surface area contributed by atoms with Gasteiger partial charge in [-0.05, 0) is 55.5 Å². The van der Waals surface area contributed by atoms with Crippen molar-refractivity contribution in [2.45, 2.75) is 6.92 Å². The van der Waals surface area contributed by atoms with Crippen molar-refractivity contribution in [1.29, 1.82) is 0 Å². The lowest BCUT2D eigenvalue weighted by atomic mass is 10.2. The van der Waals surface area contributed by atoms with Crippen LogP contribution in [0.5, 0.6) is 5.75 Å². The highest BCUT2D eigenvalue weighted by Crippen LogP contribution is 2.26. The lowest BCUT2D eigenvalue weighted by Gasteiger charge is -2.08. The predicted molar refractivity (Wildman–Crippen MR) is 102 cm³/mol. The third-order valence-corrected chi connectivity index (χ3v) is 4.14. The minimum Gasteiger partial charge on any atom is -0.494 e. The molecule has 1 N–H and O–H groups in total. The number of aromatic nitrogens is 4. The molecule has 0 spiro atoms. The van der Waals surface area contributed by atoms with E-state index < -0.39 is 0 Å². The highest BCUT2D eigenvalue weighted by atomic mass is 35.5. The van der Waals surface area contributed by atoms with Crippen LogP contribution < -0.4 is 10.1 Å². The van der Waals surface area contributed by atoms with Crippen molar-refractivity contribution < 1.29 is 4.74 Å². The minimum absolute atomic E-state index is 0.598. The molecule has 4 rings (SSSR count). The summed E-state index contributed by atoms with van der Waals surface area (Å²) < 4.78 is 7.14. The van der Waals surface area contributed by atoms with Gasteiger partial charge in [0.15, 0.2) is 17.3 Å². The summed E-state index contributed by atoms with van der Waals surface area (Å²) in [5.74, 6) is 2.11. The first-order valence-corrected chi connectivity index (χ1v) is 8.59. The van der Waals surface area contributed by atoms with Crippen LogP contribution in [0, 0.1) is 0 Å². The van der Waals surface area contributed by atoms with E-state index in [0.29, 0.717) is 28.9 Å². The Balaban J connectivity index is 1.67. The van der Waals surface area contributed by atoms with Gasteiger partial charge in [-0.25, -0.2) is 0 Å². The van der Waals surface area contributed by atoms with Crippen molar-refractivity contribution in [2.75, 3.05) is 11.9 Å². The number of fused-ring (bicyclic) bond motifs is 1. The third kappa shape index (κ3) is 3.19. The van der Waals surface area contributed by atoms with Crippen LogP contribution in [0.15, 0.2) is 60.7 Å². The first-order valence-electron chi connectivity index (χ1n) is 8.22. The Morgan fingerprint density at radius 2 is 1.81 bits per heavy atom. The summed E-state index contributed by atoms with van der Waals surface area (Å²) in [6, 6.07) is 18.9. The average Bonchev–Trinajstić information content (AvgIpc) is 3.07. The van der Waals surface area contributed by atoms with Crippen LogP contribution in [0.1, 0.15) is 6.92 Å². The van der Waals surface area contributed by atoms with E-state index in [1.165, 1.54) is 0 Å². The highest BCUT2D eigenvalue weighted by Gasteiger charge is 2.12. The molecule has 0 fully saturated rings. The number of anilines is 2. The molecule has 0 unspecified atom stereocenters. The maximum Gasteiger partial charge on any atom is 0.186 e. The fourth-order valence-electron chi connectivity index (χ4n) is 2.62. The Morgan fingerprint density at radius 3 is 2.58 bits per heavy atom. The molecule has 2 aromatic carbocycles. The largest absolute Gasteiger partial charge is 0.494 e. The fourth-order valence-corrected chi connectivity index (χ4v) is 2.84. The molecule has 0 aliphatic carbocycles. The van der Waals surface area contributed by atoms with E-state index in [2.05, 4.69) is 20.6 Å². The van der Waals surface area contributed by atoms with Crippen LogP contribution in [0.4, 0.5) is 11.5 Å². The number of ether oxygens (including phenoxy) is 1. The molecule has 0 saturated heterocycles. The summed E-state index contributed by atoms with van der Waals surface area (Å²) in [4.78, 5) is 0. The van der Waals surface area contributed by atoms with Crippen molar-refractivity contribution in [3.63, 3.8) is 0 Å². The third-order valence-electron chi connectivity index (χ3n) is 3.82. The van der Waals surface area contributed by atoms with E-state index in [-0.39, 0.29) is 0 Å². The number of nitrogens with one attached hydrogen (secondary N) is 1. The maximum absolute atomic E-state index is 6.29. The molecule has 0 atom stereocenters. The normalized spacial score (nSPS) is 10.8. The molecule has 2 aromatic heterocycles. The van der Waals surface area contributed by atoms with Crippen LogP contribution >= 0.6 is 11.6 Å². The number of hydrogen-bond acceptors (Lipinski definition) is 5. The van der Waals surface area contributed by atoms with Crippen LogP contribution in [0.3, 0.4) is 0 Å². The van der Waals surface area contributed by atoms with E-state index in [0.717, 1.165) is 17.0 Å². The number of benzene rings is 2. The van der Waals surface area contributed by atoms with Crippen LogP contribution in [0.2, 0.25) is 5.02 Å². The molecule has 7 heteroatoms. The van der Waals surface area contributed by atoms with Gasteiger partial charge in [-0.15, -0.1) is 15.3 Å². The average molecular weight is 366 g/mol. The van der Waals surface area contributed by atoms with E-state index in [1.807, 2.05) is 67.6 Å². The van der Waals surface area contributed by atoms with E-state index in [9.17, 15) is 0 Å². The molecule has 26 heavy (non-hydrogen) atoms. The maximum atomic E-state index is 6.29. The minimum atomic E-state index is 0.598. The summed E-state index contributed by atoms with van der Waals surface area (Å²) >= 11 is 6.29. The van der Waals surface area contributed by atoms with Crippen LogP contribution in [-0.4, -0.2) is 26.4 Å². The molecule has 0 aliphatic heterocycles. The van der Waals surface area contributed by atoms with Gasteiger partial charge in [0.2, 0.25) is 0 Å². The zero-order valence-corrected chi connectivity index (χ0v) is 14.8. The number of hydrogen-bond donors (Lipinski definition) is 1. The molecule has 130 valence electrons. The van der Waals surface area contributed by atoms with Gasteiger partial charge < -0.3 is 10.1 Å². The van der Waals surface area contributed by atoms with Gasteiger partial charge in [-0.1, -0.05) is 23.7 Å². The molecule has 0 amide bonds. The number of rotatable bonds is 5. The zero-order chi connectivity index (χ0) is 17.9. The topological polar surface area (TPSA) is 64.3 Å². The number of nitrogens with zero attached hydrogens (tertiary/aromatic N) is 4. The van der Waals surface area contributed by atoms with Crippen LogP contribution in [0.25, 0.3) is 17.0 Å². The quantitative estimate of drug-likeness (QED) is 0.560. The molecular weight excluding hydrogens is 350 g/mol. The zero-order valence-electron chi connectivity index (χ0n) is 14.1. The Hall–Kier alpha value is -3.12. The van der Waals surface area contributed by atoms with Gasteiger partial charge in [-0.3, -0.25) is 0 Å². The molecule has 4 aromatic rings. The second-order valence-electron chi connectivity index (χ2n) is 5.57. The molecule has 2 heterocycles. The highest BCUT2D eigenvalue weighted by molar-refractivity contribution is 6.33. The Labute approximate surface area is 155 Å². The van der Waals surface area contributed by atoms with Gasteiger partial charge in [0.1, 0.15) is 5.75 Å². The lowest BCUT2D eigenvalue weighted by molar-refractivity contribution is 0.340. The first-order chi connectivity index (χ1) is 12.7. The fraction of sp³-hybridized carbons (Fsp3) is 0.105. The predicted octanol–water partition coefficient (Wildman–Crippen LogP) is 4.59. The monoisotopic (exact) mass is 365 g/mol. The molecule has 0 saturated carbocycles. The SMILES string of the molecule is CCOc1ccc(Nc2ccc3nnc(-c4ccccc4Cl)n3n2)cc1. The number of halogens is 1. The van der Waals surface area contributed by atoms with Crippen molar-refractivity contribution >= 4 is 28.8 Å². The van der Waals surface area contributed by atoms with E-state index in [4.69, 9.17) is 16.3 Å². The van der Waals surface area contributed by atoms with Crippen molar-refractivity contribution in [3.05, 3.63) is 65.7 Å². The van der Waals surface area contributed by atoms with E-state index in [1.54, 1.807) is 4.52 Å². The van der Waals surface area contributed by atoms with Crippen molar-refractivity contribution in [3.8, 4) is 17.1 Å². The smallest absolute Gasteiger partial charge is 0.186 e. The summed E-state index contributed by atoms with van der Waals surface area (Å²) in [5, 5.41) is 16.9. The van der Waals surface area contributed by atoms with Gasteiger partial charge >= 0.3 is 0 Å². The van der Waals surface area contributed by atoms with Gasteiger partial charge in [-0.2, -0.15) is 4.52 Å². The lowest BCUT2D eigenvalue weighted by Crippen LogP contribution is -2.01. The van der Waals surface area contributed by atoms with Gasteiger partial charge in [0.25, 0.3) is 0 Å². The summed E-state index contributed by atoms with van der Waals surface area (Å²) in [7, 11) is 0. The molecule has 0 bridgehead atoms.